The largest absolute Gasteiger partial charge is 0.430 e. The third-order valence-corrected chi connectivity index (χ3v) is 3.27. The normalized spacial score (nSPS) is 20.0. The lowest BCUT2D eigenvalue weighted by Crippen LogP contribution is -2.36. The lowest BCUT2D eigenvalue weighted by atomic mass is 10.0. The Bertz CT molecular complexity index is 709. The Balaban J connectivity index is 2.11. The van der Waals surface area contributed by atoms with Crippen LogP contribution < -0.4 is 0 Å². The smallest absolute Gasteiger partial charge is 0.306 e. The highest BCUT2D eigenvalue weighted by molar-refractivity contribution is 5.97. The van der Waals surface area contributed by atoms with Crippen LogP contribution in [-0.4, -0.2) is 11.9 Å². The van der Waals surface area contributed by atoms with Gasteiger partial charge in [-0.2, -0.15) is 0 Å². The summed E-state index contributed by atoms with van der Waals surface area (Å²) in [5.74, 6) is -1.13. The molecule has 1 aliphatic rings. The molecule has 106 valence electrons. The van der Waals surface area contributed by atoms with E-state index in [0.29, 0.717) is 5.90 Å². The van der Waals surface area contributed by atoms with Crippen molar-refractivity contribution in [3.8, 4) is 0 Å². The molecule has 0 aromatic heterocycles. The van der Waals surface area contributed by atoms with E-state index in [9.17, 15) is 4.79 Å². The van der Waals surface area contributed by atoms with Crippen LogP contribution in [0.4, 0.5) is 5.69 Å². The highest BCUT2D eigenvalue weighted by Gasteiger charge is 2.39. The van der Waals surface area contributed by atoms with Crippen LogP contribution in [0.1, 0.15) is 25.0 Å². The van der Waals surface area contributed by atoms with Crippen LogP contribution in [0.15, 0.2) is 59.6 Å². The Morgan fingerprint density at radius 3 is 2.48 bits per heavy atom. The minimum atomic E-state index is -1.17. The molecule has 0 fully saturated rings. The quantitative estimate of drug-likeness (QED) is 0.791. The SMILES string of the molecule is CC(=O)OC1(C)OC(c2ccccc2)=Nc2ccccc21. The molecule has 1 heterocycles. The van der Waals surface area contributed by atoms with Gasteiger partial charge in [-0.05, 0) is 24.3 Å². The zero-order valence-electron chi connectivity index (χ0n) is 11.9. The first kappa shape index (κ1) is 13.4. The van der Waals surface area contributed by atoms with Crippen LogP contribution in [0.3, 0.4) is 0 Å². The van der Waals surface area contributed by atoms with E-state index in [-0.39, 0.29) is 0 Å². The first-order chi connectivity index (χ1) is 10.1. The maximum atomic E-state index is 11.4. The Kier molecular flexibility index (Phi) is 3.22. The van der Waals surface area contributed by atoms with E-state index < -0.39 is 11.8 Å². The molecule has 1 atom stereocenters. The average molecular weight is 281 g/mol. The summed E-state index contributed by atoms with van der Waals surface area (Å²) >= 11 is 0. The van der Waals surface area contributed by atoms with E-state index in [1.807, 2.05) is 54.6 Å². The minimum absolute atomic E-state index is 0.401. The molecule has 2 aromatic rings. The lowest BCUT2D eigenvalue weighted by Gasteiger charge is -2.34. The van der Waals surface area contributed by atoms with Crippen molar-refractivity contribution in [2.45, 2.75) is 19.6 Å². The number of aliphatic imine (C=N–C) groups is 1. The summed E-state index contributed by atoms with van der Waals surface area (Å²) in [6, 6.07) is 17.0. The summed E-state index contributed by atoms with van der Waals surface area (Å²) in [6.07, 6.45) is 0. The first-order valence-electron chi connectivity index (χ1n) is 6.71. The van der Waals surface area contributed by atoms with E-state index in [0.717, 1.165) is 16.8 Å². The van der Waals surface area contributed by atoms with Crippen molar-refractivity contribution in [3.63, 3.8) is 0 Å². The number of rotatable bonds is 2. The van der Waals surface area contributed by atoms with Crippen molar-refractivity contribution in [2.75, 3.05) is 0 Å². The number of carbonyl (C=O) groups is 1. The number of para-hydroxylation sites is 1. The zero-order chi connectivity index (χ0) is 14.9. The summed E-state index contributed by atoms with van der Waals surface area (Å²) in [4.78, 5) is 15.9. The molecule has 0 saturated heterocycles. The van der Waals surface area contributed by atoms with E-state index in [1.165, 1.54) is 6.92 Å². The third kappa shape index (κ3) is 2.52. The number of hydrogen-bond donors (Lipinski definition) is 0. The molecule has 21 heavy (non-hydrogen) atoms. The van der Waals surface area contributed by atoms with Gasteiger partial charge < -0.3 is 9.47 Å². The van der Waals surface area contributed by atoms with Crippen molar-refractivity contribution in [2.24, 2.45) is 4.99 Å². The zero-order valence-corrected chi connectivity index (χ0v) is 11.9. The molecule has 0 bridgehead atoms. The number of fused-ring (bicyclic) bond motifs is 1. The molecule has 4 heteroatoms. The summed E-state index contributed by atoms with van der Waals surface area (Å²) < 4.78 is 11.3. The Morgan fingerprint density at radius 1 is 1.10 bits per heavy atom. The lowest BCUT2D eigenvalue weighted by molar-refractivity contribution is -0.199. The molecule has 2 aromatic carbocycles. The number of esters is 1. The molecule has 3 rings (SSSR count). The molecule has 0 amide bonds. The molecule has 0 saturated carbocycles. The second-order valence-electron chi connectivity index (χ2n) is 4.94. The Hall–Kier alpha value is -2.62. The topological polar surface area (TPSA) is 47.9 Å². The highest BCUT2D eigenvalue weighted by atomic mass is 16.7. The molecule has 0 radical (unpaired) electrons. The number of hydrogen-bond acceptors (Lipinski definition) is 4. The molecule has 1 unspecified atom stereocenters. The van der Waals surface area contributed by atoms with Gasteiger partial charge in [0.2, 0.25) is 5.90 Å². The van der Waals surface area contributed by atoms with Gasteiger partial charge in [-0.15, -0.1) is 0 Å². The van der Waals surface area contributed by atoms with Gasteiger partial charge in [-0.1, -0.05) is 30.3 Å². The monoisotopic (exact) mass is 281 g/mol. The van der Waals surface area contributed by atoms with Gasteiger partial charge in [0.25, 0.3) is 5.79 Å². The van der Waals surface area contributed by atoms with Gasteiger partial charge in [-0.3, -0.25) is 4.79 Å². The third-order valence-electron chi connectivity index (χ3n) is 3.27. The molecular formula is C17H15NO3. The second-order valence-corrected chi connectivity index (χ2v) is 4.94. The van der Waals surface area contributed by atoms with Crippen molar-refractivity contribution < 1.29 is 14.3 Å². The fourth-order valence-corrected chi connectivity index (χ4v) is 2.38. The number of carbonyl (C=O) groups excluding carboxylic acids is 1. The van der Waals surface area contributed by atoms with Crippen molar-refractivity contribution in [1.29, 1.82) is 0 Å². The second kappa shape index (κ2) is 5.05. The van der Waals surface area contributed by atoms with Crippen LogP contribution in [0.5, 0.6) is 0 Å². The van der Waals surface area contributed by atoms with E-state index >= 15 is 0 Å². The van der Waals surface area contributed by atoms with Gasteiger partial charge in [-0.25, -0.2) is 4.99 Å². The summed E-state index contributed by atoms with van der Waals surface area (Å²) in [7, 11) is 0. The van der Waals surface area contributed by atoms with Crippen LogP contribution in [0.2, 0.25) is 0 Å². The number of ether oxygens (including phenoxy) is 2. The van der Waals surface area contributed by atoms with Crippen molar-refractivity contribution >= 4 is 17.6 Å². The molecule has 0 aliphatic carbocycles. The Morgan fingerprint density at radius 2 is 1.76 bits per heavy atom. The molecular weight excluding hydrogens is 266 g/mol. The summed E-state index contributed by atoms with van der Waals surface area (Å²) in [5.41, 5.74) is 2.32. The number of benzene rings is 2. The summed E-state index contributed by atoms with van der Waals surface area (Å²) in [5, 5.41) is 0. The van der Waals surface area contributed by atoms with E-state index in [1.54, 1.807) is 6.92 Å². The van der Waals surface area contributed by atoms with Crippen molar-refractivity contribution in [3.05, 3.63) is 65.7 Å². The molecule has 1 aliphatic heterocycles. The Labute approximate surface area is 123 Å². The van der Waals surface area contributed by atoms with Gasteiger partial charge in [0.05, 0.1) is 11.3 Å². The fourth-order valence-electron chi connectivity index (χ4n) is 2.38. The van der Waals surface area contributed by atoms with Crippen LogP contribution in [0.25, 0.3) is 0 Å². The van der Waals surface area contributed by atoms with Gasteiger partial charge in [0, 0.05) is 19.4 Å². The average Bonchev–Trinajstić information content (AvgIpc) is 2.47. The number of nitrogens with zero attached hydrogens (tertiary/aromatic N) is 1. The maximum absolute atomic E-state index is 11.4. The predicted octanol–water partition coefficient (Wildman–Crippen LogP) is 3.53. The fraction of sp³-hybridized carbons (Fsp3) is 0.176. The highest BCUT2D eigenvalue weighted by Crippen LogP contribution is 2.39. The molecule has 0 spiro atoms. The van der Waals surface area contributed by atoms with E-state index in [4.69, 9.17) is 9.47 Å². The van der Waals surface area contributed by atoms with Crippen LogP contribution >= 0.6 is 0 Å². The minimum Gasteiger partial charge on any atom is -0.430 e. The maximum Gasteiger partial charge on any atom is 0.306 e. The standard InChI is InChI=1S/C17H15NO3/c1-12(19)20-17(2)14-10-6-7-11-15(14)18-16(21-17)13-8-4-3-5-9-13/h3-11H,1-2H3. The van der Waals surface area contributed by atoms with Gasteiger partial charge >= 0.3 is 5.97 Å². The van der Waals surface area contributed by atoms with Crippen LogP contribution in [-0.2, 0) is 20.1 Å². The predicted molar refractivity (Wildman–Crippen MR) is 79.3 cm³/mol. The molecule has 4 nitrogen and oxygen atoms in total. The van der Waals surface area contributed by atoms with Gasteiger partial charge in [0.15, 0.2) is 0 Å². The van der Waals surface area contributed by atoms with Crippen molar-refractivity contribution in [1.82, 2.24) is 0 Å². The first-order valence-corrected chi connectivity index (χ1v) is 6.71. The summed E-state index contributed by atoms with van der Waals surface area (Å²) in [6.45, 7) is 3.09. The molecule has 0 N–H and O–H groups in total. The van der Waals surface area contributed by atoms with Crippen LogP contribution in [0, 0.1) is 0 Å². The van der Waals surface area contributed by atoms with Gasteiger partial charge in [0.1, 0.15) is 0 Å². The van der Waals surface area contributed by atoms with E-state index in [2.05, 4.69) is 4.99 Å².